The van der Waals surface area contributed by atoms with Gasteiger partial charge in [0.15, 0.2) is 0 Å². The van der Waals surface area contributed by atoms with E-state index in [9.17, 15) is 14.0 Å². The van der Waals surface area contributed by atoms with Crippen molar-refractivity contribution >= 4 is 11.8 Å². The Morgan fingerprint density at radius 3 is 2.59 bits per heavy atom. The fraction of sp³-hybridized carbons (Fsp3) is 0.429. The van der Waals surface area contributed by atoms with Crippen LogP contribution in [0.3, 0.4) is 0 Å². The van der Waals surface area contributed by atoms with Gasteiger partial charge in [-0.05, 0) is 25.1 Å². The SMILES string of the molecule is CCN(CC(=O)N1CCn2cccc2[C@H]1c1ccccc1F)C(=O)C(C)C. The minimum Gasteiger partial charge on any atom is -0.348 e. The number of carbonyl (C=O) groups excluding carboxylic acids is 2. The average Bonchev–Trinajstić information content (AvgIpc) is 3.14. The summed E-state index contributed by atoms with van der Waals surface area (Å²) < 4.78 is 16.6. The number of rotatable bonds is 5. The first kappa shape index (κ1) is 19.1. The van der Waals surface area contributed by atoms with Gasteiger partial charge in [-0.3, -0.25) is 9.59 Å². The van der Waals surface area contributed by atoms with Crippen molar-refractivity contribution in [3.8, 4) is 0 Å². The third-order valence-corrected chi connectivity index (χ3v) is 5.07. The lowest BCUT2D eigenvalue weighted by atomic mass is 9.99. The quantitative estimate of drug-likeness (QED) is 0.811. The number of carbonyl (C=O) groups is 2. The van der Waals surface area contributed by atoms with Gasteiger partial charge in [-0.15, -0.1) is 0 Å². The topological polar surface area (TPSA) is 45.6 Å². The van der Waals surface area contributed by atoms with Gasteiger partial charge in [-0.2, -0.15) is 0 Å². The van der Waals surface area contributed by atoms with Crippen LogP contribution in [0, 0.1) is 11.7 Å². The fourth-order valence-electron chi connectivity index (χ4n) is 3.64. The predicted octanol–water partition coefficient (Wildman–Crippen LogP) is 3.06. The number of nitrogens with zero attached hydrogens (tertiary/aromatic N) is 3. The molecule has 1 atom stereocenters. The third kappa shape index (κ3) is 3.75. The first-order valence-corrected chi connectivity index (χ1v) is 9.41. The Morgan fingerprint density at radius 1 is 1.19 bits per heavy atom. The smallest absolute Gasteiger partial charge is 0.243 e. The van der Waals surface area contributed by atoms with Crippen molar-refractivity contribution in [2.24, 2.45) is 5.92 Å². The third-order valence-electron chi connectivity index (χ3n) is 5.07. The Kier molecular flexibility index (Phi) is 5.63. The molecule has 3 rings (SSSR count). The van der Waals surface area contributed by atoms with Gasteiger partial charge >= 0.3 is 0 Å². The molecule has 0 spiro atoms. The molecule has 6 heteroatoms. The van der Waals surface area contributed by atoms with Crippen molar-refractivity contribution in [3.63, 3.8) is 0 Å². The van der Waals surface area contributed by atoms with Crippen LogP contribution in [0.1, 0.15) is 38.1 Å². The molecule has 27 heavy (non-hydrogen) atoms. The molecule has 0 aliphatic carbocycles. The monoisotopic (exact) mass is 371 g/mol. The minimum atomic E-state index is -0.490. The van der Waals surface area contributed by atoms with Crippen LogP contribution < -0.4 is 0 Å². The lowest BCUT2D eigenvalue weighted by Crippen LogP contribution is -2.48. The van der Waals surface area contributed by atoms with E-state index in [1.807, 2.05) is 39.1 Å². The van der Waals surface area contributed by atoms with Crippen LogP contribution in [0.5, 0.6) is 0 Å². The van der Waals surface area contributed by atoms with Gasteiger partial charge in [0, 0.05) is 43.0 Å². The van der Waals surface area contributed by atoms with Gasteiger partial charge in [0.2, 0.25) is 11.8 Å². The molecule has 1 aromatic heterocycles. The molecule has 2 amide bonds. The van der Waals surface area contributed by atoms with E-state index in [4.69, 9.17) is 0 Å². The minimum absolute atomic E-state index is 0.0131. The summed E-state index contributed by atoms with van der Waals surface area (Å²) >= 11 is 0. The summed E-state index contributed by atoms with van der Waals surface area (Å²) in [5.74, 6) is -0.709. The number of fused-ring (bicyclic) bond motifs is 1. The van der Waals surface area contributed by atoms with Crippen molar-refractivity contribution in [3.05, 3.63) is 59.7 Å². The average molecular weight is 371 g/mol. The molecule has 0 fully saturated rings. The molecular formula is C21H26FN3O2. The van der Waals surface area contributed by atoms with Gasteiger partial charge in [-0.25, -0.2) is 4.39 Å². The maximum Gasteiger partial charge on any atom is 0.243 e. The Bertz CT molecular complexity index is 830. The zero-order valence-corrected chi connectivity index (χ0v) is 16.1. The predicted molar refractivity (Wildman–Crippen MR) is 101 cm³/mol. The maximum atomic E-state index is 14.6. The number of amides is 2. The Balaban J connectivity index is 1.92. The van der Waals surface area contributed by atoms with E-state index in [1.165, 1.54) is 6.07 Å². The largest absolute Gasteiger partial charge is 0.348 e. The Hall–Kier alpha value is -2.63. The number of aromatic nitrogens is 1. The second-order valence-corrected chi connectivity index (χ2v) is 7.14. The van der Waals surface area contributed by atoms with Crippen molar-refractivity contribution < 1.29 is 14.0 Å². The van der Waals surface area contributed by atoms with Gasteiger partial charge in [0.1, 0.15) is 11.9 Å². The summed E-state index contributed by atoms with van der Waals surface area (Å²) in [6.45, 7) is 7.13. The number of hydrogen-bond acceptors (Lipinski definition) is 2. The van der Waals surface area contributed by atoms with E-state index < -0.39 is 6.04 Å². The number of likely N-dealkylation sites (N-methyl/N-ethyl adjacent to an activating group) is 1. The van der Waals surface area contributed by atoms with Crippen molar-refractivity contribution in [1.82, 2.24) is 14.4 Å². The van der Waals surface area contributed by atoms with E-state index in [-0.39, 0.29) is 30.1 Å². The Labute approximate surface area is 159 Å². The molecule has 0 saturated carbocycles. The molecule has 1 aliphatic heterocycles. The molecule has 0 bridgehead atoms. The highest BCUT2D eigenvalue weighted by Gasteiger charge is 2.34. The molecule has 0 N–H and O–H groups in total. The molecule has 2 heterocycles. The van der Waals surface area contributed by atoms with Crippen LogP contribution >= 0.6 is 0 Å². The van der Waals surface area contributed by atoms with Gasteiger partial charge in [0.25, 0.3) is 0 Å². The lowest BCUT2D eigenvalue weighted by Gasteiger charge is -2.38. The Morgan fingerprint density at radius 2 is 1.93 bits per heavy atom. The van der Waals surface area contributed by atoms with Crippen molar-refractivity contribution in [1.29, 1.82) is 0 Å². The van der Waals surface area contributed by atoms with Crippen LogP contribution in [0.2, 0.25) is 0 Å². The van der Waals surface area contributed by atoms with Crippen LogP contribution in [-0.2, 0) is 16.1 Å². The van der Waals surface area contributed by atoms with Gasteiger partial charge in [-0.1, -0.05) is 32.0 Å². The highest BCUT2D eigenvalue weighted by Crippen LogP contribution is 2.33. The molecule has 2 aromatic rings. The highest BCUT2D eigenvalue weighted by atomic mass is 19.1. The zero-order valence-electron chi connectivity index (χ0n) is 16.1. The number of benzene rings is 1. The van der Waals surface area contributed by atoms with Crippen LogP contribution in [-0.4, -0.2) is 45.8 Å². The second kappa shape index (κ2) is 7.94. The van der Waals surface area contributed by atoms with Crippen LogP contribution in [0.15, 0.2) is 42.6 Å². The molecule has 0 unspecified atom stereocenters. The standard InChI is InChI=1S/C21H26FN3O2/c1-4-23(21(27)15(2)3)14-19(26)25-13-12-24-11-7-10-18(24)20(25)16-8-5-6-9-17(16)22/h5-11,15,20H,4,12-14H2,1-3H3/t20-/m1/s1. The first-order valence-electron chi connectivity index (χ1n) is 9.41. The molecule has 0 radical (unpaired) electrons. The number of halogens is 1. The first-order chi connectivity index (χ1) is 12.9. The zero-order chi connectivity index (χ0) is 19.6. The van der Waals surface area contributed by atoms with Crippen LogP contribution in [0.4, 0.5) is 4.39 Å². The molecule has 1 aliphatic rings. The molecule has 5 nitrogen and oxygen atoms in total. The molecule has 144 valence electrons. The lowest BCUT2D eigenvalue weighted by molar-refractivity contribution is -0.143. The second-order valence-electron chi connectivity index (χ2n) is 7.14. The summed E-state index contributed by atoms with van der Waals surface area (Å²) in [4.78, 5) is 28.7. The van der Waals surface area contributed by atoms with E-state index in [0.29, 0.717) is 25.2 Å². The molecule has 1 aromatic carbocycles. The molecule has 0 saturated heterocycles. The van der Waals surface area contributed by atoms with E-state index >= 15 is 0 Å². The summed E-state index contributed by atoms with van der Waals surface area (Å²) in [5.41, 5.74) is 1.36. The summed E-state index contributed by atoms with van der Waals surface area (Å²) in [6.07, 6.45) is 1.95. The highest BCUT2D eigenvalue weighted by molar-refractivity contribution is 5.86. The normalized spacial score (nSPS) is 16.3. The fourth-order valence-corrected chi connectivity index (χ4v) is 3.64. The van der Waals surface area contributed by atoms with Crippen molar-refractivity contribution in [2.75, 3.05) is 19.6 Å². The van der Waals surface area contributed by atoms with Gasteiger partial charge < -0.3 is 14.4 Å². The van der Waals surface area contributed by atoms with E-state index in [2.05, 4.69) is 4.57 Å². The van der Waals surface area contributed by atoms with Gasteiger partial charge in [0.05, 0.1) is 6.54 Å². The summed E-state index contributed by atoms with van der Waals surface area (Å²) in [6, 6.07) is 9.91. The van der Waals surface area contributed by atoms with Crippen molar-refractivity contribution in [2.45, 2.75) is 33.4 Å². The van der Waals surface area contributed by atoms with Crippen LogP contribution in [0.25, 0.3) is 0 Å². The van der Waals surface area contributed by atoms with E-state index in [0.717, 1.165) is 5.69 Å². The molecular weight excluding hydrogens is 345 g/mol. The summed E-state index contributed by atoms with van der Waals surface area (Å²) in [5, 5.41) is 0. The summed E-state index contributed by atoms with van der Waals surface area (Å²) in [7, 11) is 0. The maximum absolute atomic E-state index is 14.6. The number of hydrogen-bond donors (Lipinski definition) is 0. The van der Waals surface area contributed by atoms with E-state index in [1.54, 1.807) is 28.0 Å².